The first kappa shape index (κ1) is 23.3. The Labute approximate surface area is 185 Å². The zero-order valence-electron chi connectivity index (χ0n) is 18.7. The van der Waals surface area contributed by atoms with Gasteiger partial charge in [-0.25, -0.2) is 8.42 Å². The van der Waals surface area contributed by atoms with Gasteiger partial charge in [-0.2, -0.15) is 0 Å². The number of anilines is 1. The van der Waals surface area contributed by atoms with E-state index in [-0.39, 0.29) is 11.3 Å². The zero-order valence-corrected chi connectivity index (χ0v) is 19.5. The minimum absolute atomic E-state index is 0.217. The van der Waals surface area contributed by atoms with Crippen LogP contribution < -0.4 is 9.62 Å². The third kappa shape index (κ3) is 5.28. The van der Waals surface area contributed by atoms with Crippen LogP contribution >= 0.6 is 0 Å². The molecule has 0 radical (unpaired) electrons. The van der Waals surface area contributed by atoms with Gasteiger partial charge in [0.25, 0.3) is 0 Å². The predicted molar refractivity (Wildman–Crippen MR) is 124 cm³/mol. The second-order valence-corrected chi connectivity index (χ2v) is 10.3. The van der Waals surface area contributed by atoms with E-state index in [9.17, 15) is 13.2 Å². The van der Waals surface area contributed by atoms with Crippen molar-refractivity contribution in [1.82, 2.24) is 5.32 Å². The van der Waals surface area contributed by atoms with Gasteiger partial charge in [0.15, 0.2) is 0 Å². The number of hydrogen-bond donors (Lipinski definition) is 1. The van der Waals surface area contributed by atoms with Crippen molar-refractivity contribution in [2.24, 2.45) is 0 Å². The van der Waals surface area contributed by atoms with Crippen molar-refractivity contribution in [2.75, 3.05) is 30.3 Å². The smallest absolute Gasteiger partial charge is 0.243 e. The summed E-state index contributed by atoms with van der Waals surface area (Å²) in [4.78, 5) is 13.1. The van der Waals surface area contributed by atoms with Gasteiger partial charge >= 0.3 is 0 Å². The molecule has 6 nitrogen and oxygen atoms in total. The van der Waals surface area contributed by atoms with Crippen molar-refractivity contribution in [1.29, 1.82) is 0 Å². The van der Waals surface area contributed by atoms with Crippen LogP contribution in [0, 0.1) is 13.8 Å². The van der Waals surface area contributed by atoms with Crippen LogP contribution in [0.3, 0.4) is 0 Å². The lowest BCUT2D eigenvalue weighted by molar-refractivity contribution is -0.122. The summed E-state index contributed by atoms with van der Waals surface area (Å²) < 4.78 is 32.0. The van der Waals surface area contributed by atoms with Gasteiger partial charge in [0.1, 0.15) is 6.04 Å². The van der Waals surface area contributed by atoms with E-state index in [4.69, 9.17) is 4.74 Å². The van der Waals surface area contributed by atoms with E-state index in [0.29, 0.717) is 25.4 Å². The van der Waals surface area contributed by atoms with Crippen LogP contribution in [-0.2, 0) is 25.0 Å². The van der Waals surface area contributed by atoms with Crippen LogP contribution in [0.25, 0.3) is 0 Å². The molecule has 1 aliphatic rings. The maximum Gasteiger partial charge on any atom is 0.243 e. The van der Waals surface area contributed by atoms with Crippen molar-refractivity contribution in [3.05, 3.63) is 65.2 Å². The Balaban J connectivity index is 1.82. The molecule has 0 spiro atoms. The highest BCUT2D eigenvalue weighted by Gasteiger charge is 2.36. The third-order valence-corrected chi connectivity index (χ3v) is 7.51. The number of carbonyl (C=O) groups excluding carboxylic acids is 1. The lowest BCUT2D eigenvalue weighted by Crippen LogP contribution is -2.51. The van der Waals surface area contributed by atoms with Crippen molar-refractivity contribution >= 4 is 21.6 Å². The molecule has 1 amide bonds. The zero-order chi connectivity index (χ0) is 22.6. The average molecular weight is 445 g/mol. The molecule has 1 atom stereocenters. The molecule has 1 aliphatic heterocycles. The number of rotatable bonds is 7. The fourth-order valence-electron chi connectivity index (χ4n) is 4.20. The van der Waals surface area contributed by atoms with Crippen molar-refractivity contribution in [3.8, 4) is 0 Å². The molecule has 2 aromatic carbocycles. The van der Waals surface area contributed by atoms with E-state index in [2.05, 4.69) is 17.4 Å². The molecular weight excluding hydrogens is 412 g/mol. The number of benzene rings is 2. The molecule has 0 bridgehead atoms. The maximum atomic E-state index is 13.1. The maximum absolute atomic E-state index is 13.1. The van der Waals surface area contributed by atoms with E-state index in [1.54, 1.807) is 13.0 Å². The number of nitrogens with one attached hydrogen (secondary N) is 1. The number of hydrogen-bond acceptors (Lipinski definition) is 4. The highest BCUT2D eigenvalue weighted by Crippen LogP contribution is 2.34. The van der Waals surface area contributed by atoms with Gasteiger partial charge in [-0.15, -0.1) is 0 Å². The molecule has 0 aliphatic carbocycles. The van der Waals surface area contributed by atoms with Crippen LogP contribution in [0.1, 0.15) is 36.5 Å². The first-order chi connectivity index (χ1) is 14.6. The number of amides is 1. The largest absolute Gasteiger partial charge is 0.381 e. The normalized spacial score (nSPS) is 17.0. The standard InChI is InChI=1S/C24H32N2O4S/c1-18-10-11-22(16-19(18)2)26(31(4,28)29)20(3)23(27)25-17-24(12-14-30-15-13-24)21-8-6-5-7-9-21/h5-11,16,20H,12-15,17H2,1-4H3,(H,25,27)/t20-/m0/s1. The van der Waals surface area contributed by atoms with Gasteiger partial charge in [0.2, 0.25) is 15.9 Å². The second kappa shape index (κ2) is 9.40. The molecule has 168 valence electrons. The summed E-state index contributed by atoms with van der Waals surface area (Å²) in [6.07, 6.45) is 2.74. The van der Waals surface area contributed by atoms with Crippen molar-refractivity contribution in [2.45, 2.75) is 45.1 Å². The number of sulfonamides is 1. The highest BCUT2D eigenvalue weighted by atomic mass is 32.2. The minimum atomic E-state index is -3.65. The Morgan fingerprint density at radius 1 is 1.10 bits per heavy atom. The molecular formula is C24H32N2O4S. The fraction of sp³-hybridized carbons (Fsp3) is 0.458. The topological polar surface area (TPSA) is 75.7 Å². The van der Waals surface area contributed by atoms with Gasteiger partial charge in [0, 0.05) is 25.2 Å². The molecule has 31 heavy (non-hydrogen) atoms. The van der Waals surface area contributed by atoms with Crippen LogP contribution in [-0.4, -0.2) is 46.4 Å². The first-order valence-corrected chi connectivity index (χ1v) is 12.5. The Kier molecular flexibility index (Phi) is 7.06. The molecule has 1 fully saturated rings. The van der Waals surface area contributed by atoms with Crippen LogP contribution in [0.4, 0.5) is 5.69 Å². The lowest BCUT2D eigenvalue weighted by atomic mass is 9.74. The monoisotopic (exact) mass is 444 g/mol. The number of ether oxygens (including phenoxy) is 1. The minimum Gasteiger partial charge on any atom is -0.381 e. The van der Waals surface area contributed by atoms with Gasteiger partial charge in [-0.3, -0.25) is 9.10 Å². The molecule has 0 saturated carbocycles. The number of nitrogens with zero attached hydrogens (tertiary/aromatic N) is 1. The Bertz CT molecular complexity index is 1020. The molecule has 1 saturated heterocycles. The van der Waals surface area contributed by atoms with E-state index >= 15 is 0 Å². The number of carbonyl (C=O) groups is 1. The van der Waals surface area contributed by atoms with E-state index < -0.39 is 16.1 Å². The summed E-state index contributed by atoms with van der Waals surface area (Å²) in [7, 11) is -3.65. The number of aryl methyl sites for hydroxylation is 2. The molecule has 1 N–H and O–H groups in total. The highest BCUT2D eigenvalue weighted by molar-refractivity contribution is 7.92. The van der Waals surface area contributed by atoms with Gasteiger partial charge < -0.3 is 10.1 Å². The molecule has 0 aromatic heterocycles. The summed E-state index contributed by atoms with van der Waals surface area (Å²) in [5.41, 5.74) is 3.49. The Hall–Kier alpha value is -2.38. The Morgan fingerprint density at radius 3 is 2.32 bits per heavy atom. The molecule has 7 heteroatoms. The SMILES string of the molecule is Cc1ccc(N([C@@H](C)C(=O)NCC2(c3ccccc3)CCOCC2)S(C)(=O)=O)cc1C. The molecule has 3 rings (SSSR count). The summed E-state index contributed by atoms with van der Waals surface area (Å²) in [5.74, 6) is -0.314. The van der Waals surface area contributed by atoms with Crippen molar-refractivity contribution < 1.29 is 17.9 Å². The molecule has 0 unspecified atom stereocenters. The van der Waals surface area contributed by atoms with E-state index in [1.807, 2.05) is 44.2 Å². The van der Waals surface area contributed by atoms with Gasteiger partial charge in [-0.05, 0) is 62.4 Å². The van der Waals surface area contributed by atoms with Crippen LogP contribution in [0.2, 0.25) is 0 Å². The van der Waals surface area contributed by atoms with Crippen molar-refractivity contribution in [3.63, 3.8) is 0 Å². The first-order valence-electron chi connectivity index (χ1n) is 10.6. The summed E-state index contributed by atoms with van der Waals surface area (Å²) in [5, 5.41) is 3.04. The molecule has 2 aromatic rings. The van der Waals surface area contributed by atoms with Gasteiger partial charge in [0.05, 0.1) is 11.9 Å². The third-order valence-electron chi connectivity index (χ3n) is 6.27. The second-order valence-electron chi connectivity index (χ2n) is 8.48. The van der Waals surface area contributed by atoms with Crippen LogP contribution in [0.5, 0.6) is 0 Å². The quantitative estimate of drug-likeness (QED) is 0.711. The van der Waals surface area contributed by atoms with E-state index in [1.165, 1.54) is 9.87 Å². The predicted octanol–water partition coefficient (Wildman–Crippen LogP) is 3.32. The summed E-state index contributed by atoms with van der Waals surface area (Å²) in [6, 6.07) is 14.7. The summed E-state index contributed by atoms with van der Waals surface area (Å²) >= 11 is 0. The summed E-state index contributed by atoms with van der Waals surface area (Å²) in [6.45, 7) is 7.24. The van der Waals surface area contributed by atoms with Crippen LogP contribution in [0.15, 0.2) is 48.5 Å². The molecule has 1 heterocycles. The average Bonchev–Trinajstić information content (AvgIpc) is 2.75. The van der Waals surface area contributed by atoms with Gasteiger partial charge in [-0.1, -0.05) is 36.4 Å². The van der Waals surface area contributed by atoms with E-state index in [0.717, 1.165) is 30.2 Å². The Morgan fingerprint density at radius 2 is 1.74 bits per heavy atom. The lowest BCUT2D eigenvalue weighted by Gasteiger charge is -2.38. The fourth-order valence-corrected chi connectivity index (χ4v) is 5.36.